The summed E-state index contributed by atoms with van der Waals surface area (Å²) in [6, 6.07) is 9.05. The number of ketones is 1. The molecule has 0 aliphatic heterocycles. The Labute approximate surface area is 94.4 Å². The summed E-state index contributed by atoms with van der Waals surface area (Å²) in [5, 5.41) is 0. The largest absolute Gasteiger partial charge is 0.309 e. The van der Waals surface area contributed by atoms with E-state index in [1.807, 2.05) is 18.2 Å². The first-order valence-electron chi connectivity index (χ1n) is 5.14. The lowest BCUT2D eigenvalue weighted by Crippen LogP contribution is -2.56. The highest BCUT2D eigenvalue weighted by molar-refractivity contribution is 6.00. The summed E-state index contributed by atoms with van der Waals surface area (Å²) in [6.45, 7) is 0. The van der Waals surface area contributed by atoms with E-state index in [2.05, 4.69) is 0 Å². The molecule has 82 valence electrons. The van der Waals surface area contributed by atoms with Crippen LogP contribution in [0.15, 0.2) is 54.6 Å². The minimum Gasteiger partial charge on any atom is -0.309 e. The van der Waals surface area contributed by atoms with Crippen LogP contribution in [0.2, 0.25) is 0 Å². The molecule has 1 aromatic rings. The van der Waals surface area contributed by atoms with Crippen molar-refractivity contribution in [2.24, 2.45) is 17.4 Å². The van der Waals surface area contributed by atoms with E-state index in [4.69, 9.17) is 11.5 Å². The highest BCUT2D eigenvalue weighted by Crippen LogP contribution is 2.21. The van der Waals surface area contributed by atoms with Gasteiger partial charge in [0.1, 0.15) is 0 Å². The zero-order valence-electron chi connectivity index (χ0n) is 8.84. The van der Waals surface area contributed by atoms with Gasteiger partial charge in [-0.1, -0.05) is 48.6 Å². The van der Waals surface area contributed by atoms with Crippen LogP contribution in [-0.4, -0.2) is 11.4 Å². The van der Waals surface area contributed by atoms with Gasteiger partial charge in [-0.05, 0) is 6.08 Å². The molecule has 0 radical (unpaired) electrons. The number of carbonyl (C=O) groups is 1. The fourth-order valence-electron chi connectivity index (χ4n) is 1.76. The Morgan fingerprint density at radius 3 is 2.44 bits per heavy atom. The normalized spacial score (nSPS) is 22.0. The van der Waals surface area contributed by atoms with Crippen molar-refractivity contribution in [2.75, 3.05) is 0 Å². The molecule has 0 heterocycles. The Balaban J connectivity index is 2.30. The van der Waals surface area contributed by atoms with Crippen LogP contribution >= 0.6 is 0 Å². The molecule has 0 fully saturated rings. The smallest absolute Gasteiger partial charge is 0.173 e. The van der Waals surface area contributed by atoms with E-state index >= 15 is 0 Å². The lowest BCUT2D eigenvalue weighted by molar-refractivity contribution is 0.0911. The molecule has 16 heavy (non-hydrogen) atoms. The highest BCUT2D eigenvalue weighted by Gasteiger charge is 2.33. The van der Waals surface area contributed by atoms with Crippen LogP contribution in [0, 0.1) is 5.92 Å². The summed E-state index contributed by atoms with van der Waals surface area (Å²) in [4.78, 5) is 12.2. The van der Waals surface area contributed by atoms with Crippen molar-refractivity contribution in [3.8, 4) is 0 Å². The molecule has 1 aliphatic rings. The topological polar surface area (TPSA) is 69.1 Å². The molecule has 0 amide bonds. The summed E-state index contributed by atoms with van der Waals surface area (Å²) in [6.07, 6.45) is 6.95. The third-order valence-corrected chi connectivity index (χ3v) is 2.68. The monoisotopic (exact) mass is 214 g/mol. The summed E-state index contributed by atoms with van der Waals surface area (Å²) in [5.74, 6) is -0.550. The highest BCUT2D eigenvalue weighted by atomic mass is 16.1. The molecular weight excluding hydrogens is 200 g/mol. The average molecular weight is 214 g/mol. The molecule has 1 unspecified atom stereocenters. The number of Topliss-reactive ketones (excluding diaryl/α,β-unsaturated/α-hetero) is 1. The first-order chi connectivity index (χ1) is 7.61. The number of allylic oxidation sites excluding steroid dienone is 2. The van der Waals surface area contributed by atoms with Crippen LogP contribution in [0.4, 0.5) is 0 Å². The molecule has 4 N–H and O–H groups in total. The van der Waals surface area contributed by atoms with E-state index in [0.29, 0.717) is 5.56 Å². The molecular formula is C13H14N2O. The fraction of sp³-hybridized carbons (Fsp3) is 0.154. The van der Waals surface area contributed by atoms with Crippen molar-refractivity contribution in [1.29, 1.82) is 0 Å². The Bertz CT molecular complexity index is 446. The van der Waals surface area contributed by atoms with Gasteiger partial charge in [-0.3, -0.25) is 4.79 Å². The van der Waals surface area contributed by atoms with E-state index in [0.717, 1.165) is 0 Å². The molecule has 0 aromatic heterocycles. The van der Waals surface area contributed by atoms with Crippen LogP contribution in [0.3, 0.4) is 0 Å². The Morgan fingerprint density at radius 2 is 1.81 bits per heavy atom. The van der Waals surface area contributed by atoms with Gasteiger partial charge in [-0.15, -0.1) is 0 Å². The van der Waals surface area contributed by atoms with Crippen molar-refractivity contribution >= 4 is 5.78 Å². The molecule has 3 nitrogen and oxygen atoms in total. The number of hydrogen-bond donors (Lipinski definition) is 2. The maximum atomic E-state index is 12.2. The summed E-state index contributed by atoms with van der Waals surface area (Å²) >= 11 is 0. The van der Waals surface area contributed by atoms with Gasteiger partial charge < -0.3 is 11.5 Å². The van der Waals surface area contributed by atoms with Crippen LogP contribution < -0.4 is 11.5 Å². The van der Waals surface area contributed by atoms with Gasteiger partial charge in [0.05, 0.1) is 11.6 Å². The van der Waals surface area contributed by atoms with Crippen molar-refractivity contribution in [3.05, 3.63) is 60.2 Å². The molecule has 0 saturated carbocycles. The van der Waals surface area contributed by atoms with E-state index in [9.17, 15) is 4.79 Å². The molecule has 2 rings (SSSR count). The second-order valence-electron chi connectivity index (χ2n) is 3.95. The number of rotatable bonds is 2. The van der Waals surface area contributed by atoms with Gasteiger partial charge in [0, 0.05) is 5.56 Å². The number of nitrogens with two attached hydrogens (primary N) is 2. The number of hydrogen-bond acceptors (Lipinski definition) is 3. The van der Waals surface area contributed by atoms with E-state index in [-0.39, 0.29) is 5.78 Å². The van der Waals surface area contributed by atoms with Crippen molar-refractivity contribution in [3.63, 3.8) is 0 Å². The molecule has 3 heteroatoms. The number of carbonyl (C=O) groups excluding carboxylic acids is 1. The van der Waals surface area contributed by atoms with Gasteiger partial charge >= 0.3 is 0 Å². The molecule has 1 aromatic carbocycles. The van der Waals surface area contributed by atoms with Crippen LogP contribution in [0.5, 0.6) is 0 Å². The van der Waals surface area contributed by atoms with Gasteiger partial charge in [0.15, 0.2) is 5.78 Å². The minimum absolute atomic E-state index is 0.0498. The molecule has 1 aliphatic carbocycles. The van der Waals surface area contributed by atoms with Gasteiger partial charge in [0.2, 0.25) is 0 Å². The van der Waals surface area contributed by atoms with Gasteiger partial charge in [-0.2, -0.15) is 0 Å². The number of benzene rings is 1. The maximum absolute atomic E-state index is 12.2. The third kappa shape index (κ3) is 1.96. The predicted molar refractivity (Wildman–Crippen MR) is 63.6 cm³/mol. The Hall–Kier alpha value is -1.71. The second kappa shape index (κ2) is 4.04. The van der Waals surface area contributed by atoms with E-state index in [1.54, 1.807) is 36.4 Å². The maximum Gasteiger partial charge on any atom is 0.173 e. The molecule has 0 saturated heterocycles. The van der Waals surface area contributed by atoms with Gasteiger partial charge in [-0.25, -0.2) is 0 Å². The molecule has 0 spiro atoms. The van der Waals surface area contributed by atoms with Crippen LogP contribution in [0.25, 0.3) is 0 Å². The summed E-state index contributed by atoms with van der Waals surface area (Å²) in [7, 11) is 0. The van der Waals surface area contributed by atoms with Crippen LogP contribution in [-0.2, 0) is 0 Å². The van der Waals surface area contributed by atoms with Crippen molar-refractivity contribution < 1.29 is 4.79 Å². The fourth-order valence-corrected chi connectivity index (χ4v) is 1.76. The zero-order valence-corrected chi connectivity index (χ0v) is 8.84. The second-order valence-corrected chi connectivity index (χ2v) is 3.95. The van der Waals surface area contributed by atoms with Gasteiger partial charge in [0.25, 0.3) is 0 Å². The van der Waals surface area contributed by atoms with E-state index < -0.39 is 11.6 Å². The third-order valence-electron chi connectivity index (χ3n) is 2.68. The first kappa shape index (κ1) is 10.8. The minimum atomic E-state index is -1.10. The summed E-state index contributed by atoms with van der Waals surface area (Å²) < 4.78 is 0. The standard InChI is InChI=1S/C13H14N2O/c14-13(15)9-5-4-8-11(13)12(16)10-6-2-1-3-7-10/h1-9,11H,14-15H2. The lowest BCUT2D eigenvalue weighted by atomic mass is 9.84. The predicted octanol–water partition coefficient (Wildman–Crippen LogP) is 1.23. The molecule has 0 bridgehead atoms. The van der Waals surface area contributed by atoms with Crippen LogP contribution in [0.1, 0.15) is 10.4 Å². The van der Waals surface area contributed by atoms with Crippen molar-refractivity contribution in [1.82, 2.24) is 0 Å². The lowest BCUT2D eigenvalue weighted by Gasteiger charge is -2.29. The SMILES string of the molecule is NC1(N)C=CC=CC1C(=O)c1ccccc1. The average Bonchev–Trinajstić information content (AvgIpc) is 2.29. The quantitative estimate of drug-likeness (QED) is 0.574. The summed E-state index contributed by atoms with van der Waals surface area (Å²) in [5.41, 5.74) is 11.3. The Morgan fingerprint density at radius 1 is 1.12 bits per heavy atom. The Kier molecular flexibility index (Phi) is 2.73. The first-order valence-corrected chi connectivity index (χ1v) is 5.14. The van der Waals surface area contributed by atoms with E-state index in [1.165, 1.54) is 0 Å². The zero-order chi connectivity index (χ0) is 11.6. The van der Waals surface area contributed by atoms with Crippen molar-refractivity contribution in [2.45, 2.75) is 5.66 Å². The molecule has 1 atom stereocenters.